The lowest BCUT2D eigenvalue weighted by atomic mass is 9.89. The molecular formula is C36H52O17Si. The summed E-state index contributed by atoms with van der Waals surface area (Å²) in [5.74, 6) is -4.40. The molecule has 2 aliphatic heterocycles. The van der Waals surface area contributed by atoms with Crippen molar-refractivity contribution in [2.45, 2.75) is 141 Å². The molecule has 3 rings (SSSR count). The summed E-state index contributed by atoms with van der Waals surface area (Å²) in [5.41, 5.74) is 0.407. The van der Waals surface area contributed by atoms with E-state index in [1.165, 1.54) is 0 Å². The van der Waals surface area contributed by atoms with Gasteiger partial charge in [0.2, 0.25) is 8.32 Å². The van der Waals surface area contributed by atoms with E-state index in [4.69, 9.17) is 47.1 Å². The van der Waals surface area contributed by atoms with Gasteiger partial charge in [-0.15, -0.1) is 0 Å². The third-order valence-corrected chi connectivity index (χ3v) is 13.5. The molecule has 0 saturated carbocycles. The number of rotatable bonds is 13. The molecule has 17 nitrogen and oxygen atoms in total. The van der Waals surface area contributed by atoms with E-state index in [1.807, 2.05) is 0 Å². The van der Waals surface area contributed by atoms with E-state index in [9.17, 15) is 33.9 Å². The summed E-state index contributed by atoms with van der Waals surface area (Å²) < 4.78 is 57.4. The normalized spacial score (nSPS) is 28.5. The average molecular weight is 785 g/mol. The molecule has 1 aromatic rings. The van der Waals surface area contributed by atoms with Crippen molar-refractivity contribution in [2.24, 2.45) is 0 Å². The van der Waals surface area contributed by atoms with Crippen LogP contribution in [0.15, 0.2) is 24.3 Å². The van der Waals surface area contributed by atoms with Gasteiger partial charge in [-0.25, -0.2) is 0 Å². The lowest BCUT2D eigenvalue weighted by molar-refractivity contribution is -0.344. The number of carbonyl (C=O) groups is 6. The maximum atomic E-state index is 12.7. The van der Waals surface area contributed by atoms with Crippen molar-refractivity contribution >= 4 is 44.1 Å². The fourth-order valence-corrected chi connectivity index (χ4v) is 6.78. The van der Waals surface area contributed by atoms with Gasteiger partial charge in [0.15, 0.2) is 30.7 Å². The fraction of sp³-hybridized carbons (Fsp3) is 0.667. The van der Waals surface area contributed by atoms with E-state index in [1.54, 1.807) is 24.3 Å². The number of benzene rings is 1. The first-order chi connectivity index (χ1) is 25.0. The number of esters is 6. The Kier molecular flexibility index (Phi) is 15.2. The number of hydrogen-bond donors (Lipinski definition) is 1. The van der Waals surface area contributed by atoms with Gasteiger partial charge in [-0.2, -0.15) is 0 Å². The highest BCUT2D eigenvalue weighted by Crippen LogP contribution is 2.42. The van der Waals surface area contributed by atoms with Crippen LogP contribution in [0.2, 0.25) is 18.1 Å². The Labute approximate surface area is 315 Å². The molecule has 302 valence electrons. The van der Waals surface area contributed by atoms with Gasteiger partial charge in [0.05, 0.1) is 13.5 Å². The van der Waals surface area contributed by atoms with Crippen molar-refractivity contribution in [3.05, 3.63) is 29.8 Å². The molecule has 1 N–H and O–H groups in total. The van der Waals surface area contributed by atoms with E-state index >= 15 is 0 Å². The number of hydrogen-bond acceptors (Lipinski definition) is 17. The van der Waals surface area contributed by atoms with Gasteiger partial charge >= 0.3 is 35.8 Å². The van der Waals surface area contributed by atoms with Crippen LogP contribution in [-0.2, 0) is 71.4 Å². The molecule has 10 atom stereocenters. The number of aliphatic hydroxyl groups is 1. The smallest absolute Gasteiger partial charge is 0.308 e. The lowest BCUT2D eigenvalue weighted by Crippen LogP contribution is -2.65. The highest BCUT2D eigenvalue weighted by Gasteiger charge is 2.57. The van der Waals surface area contributed by atoms with E-state index in [0.717, 1.165) is 41.7 Å². The van der Waals surface area contributed by atoms with Gasteiger partial charge < -0.3 is 52.2 Å². The quantitative estimate of drug-likeness (QED) is 0.173. The zero-order chi connectivity index (χ0) is 40.7. The van der Waals surface area contributed by atoms with Crippen LogP contribution in [0.3, 0.4) is 0 Å². The molecule has 0 bridgehead atoms. The van der Waals surface area contributed by atoms with Crippen molar-refractivity contribution in [3.63, 3.8) is 0 Å². The van der Waals surface area contributed by atoms with E-state index < -0.39 is 118 Å². The number of carbonyl (C=O) groups excluding carboxylic acids is 6. The molecule has 54 heavy (non-hydrogen) atoms. The van der Waals surface area contributed by atoms with Gasteiger partial charge in [0, 0.05) is 34.6 Å². The minimum absolute atomic E-state index is 0.143. The average Bonchev–Trinajstić information content (AvgIpc) is 3.04. The Morgan fingerprint density at radius 2 is 1.28 bits per heavy atom. The van der Waals surface area contributed by atoms with Crippen LogP contribution in [0.25, 0.3) is 0 Å². The largest absolute Gasteiger partial charge is 0.543 e. The van der Waals surface area contributed by atoms with Gasteiger partial charge in [-0.05, 0) is 35.8 Å². The Bertz CT molecular complexity index is 1520. The summed E-state index contributed by atoms with van der Waals surface area (Å²) in [6, 6.07) is 6.81. The first kappa shape index (κ1) is 44.3. The summed E-state index contributed by atoms with van der Waals surface area (Å²) in [6.07, 6.45) is -15.7. The van der Waals surface area contributed by atoms with Gasteiger partial charge in [-0.1, -0.05) is 32.9 Å². The van der Waals surface area contributed by atoms with Crippen LogP contribution in [0, 0.1) is 0 Å². The van der Waals surface area contributed by atoms with Crippen molar-refractivity contribution < 1.29 is 80.9 Å². The van der Waals surface area contributed by atoms with E-state index in [0.29, 0.717) is 11.3 Å². The van der Waals surface area contributed by atoms with Crippen molar-refractivity contribution in [2.75, 3.05) is 13.7 Å². The minimum Gasteiger partial charge on any atom is -0.543 e. The van der Waals surface area contributed by atoms with Crippen LogP contribution in [0.4, 0.5) is 0 Å². The second-order valence-corrected chi connectivity index (χ2v) is 19.3. The summed E-state index contributed by atoms with van der Waals surface area (Å²) >= 11 is 0. The zero-order valence-corrected chi connectivity index (χ0v) is 33.5. The molecule has 2 fully saturated rings. The van der Waals surface area contributed by atoms with Crippen molar-refractivity contribution in [1.29, 1.82) is 0 Å². The standard InChI is InChI=1S/C36H52O17Si/c1-18(37)45-17-26-31(47-20(3)39)33(48-21(4)40)34(49-22(5)41)35(51-26)52-32-28(43)29(50-25(16-27(42)44-9)30(32)46-19(2)38)23-13-12-14-24(15-23)53-54(10,11)36(6,7)8/h12-15,25-26,28-35,43H,16-17H2,1-11H3/t25-,26-,28-,29?,30-,31-,32-,33+,34+,35-/m1/s1. The Morgan fingerprint density at radius 1 is 0.741 bits per heavy atom. The first-order valence-electron chi connectivity index (χ1n) is 17.4. The molecule has 1 unspecified atom stereocenters. The van der Waals surface area contributed by atoms with Crippen molar-refractivity contribution in [1.82, 2.24) is 0 Å². The summed E-state index contributed by atoms with van der Waals surface area (Å²) in [4.78, 5) is 74.1. The summed E-state index contributed by atoms with van der Waals surface area (Å²) in [5, 5.41) is 11.9. The monoisotopic (exact) mass is 784 g/mol. The molecule has 0 aromatic heterocycles. The Morgan fingerprint density at radius 3 is 1.80 bits per heavy atom. The molecule has 0 spiro atoms. The second-order valence-electron chi connectivity index (χ2n) is 14.5. The van der Waals surface area contributed by atoms with E-state index in [2.05, 4.69) is 33.9 Å². The third-order valence-electron chi connectivity index (χ3n) is 9.16. The van der Waals surface area contributed by atoms with Crippen LogP contribution < -0.4 is 4.43 Å². The van der Waals surface area contributed by atoms with Gasteiger partial charge in [0.25, 0.3) is 0 Å². The van der Waals surface area contributed by atoms with Crippen LogP contribution in [0.5, 0.6) is 5.75 Å². The molecule has 0 radical (unpaired) electrons. The topological polar surface area (TPSA) is 215 Å². The molecule has 0 amide bonds. The highest BCUT2D eigenvalue weighted by molar-refractivity contribution is 6.74. The zero-order valence-electron chi connectivity index (χ0n) is 32.5. The number of aliphatic hydroxyl groups excluding tert-OH is 1. The van der Waals surface area contributed by atoms with Gasteiger partial charge in [-0.3, -0.25) is 28.8 Å². The maximum Gasteiger partial charge on any atom is 0.308 e. The Hall–Kier alpha value is -4.10. The molecule has 2 aliphatic rings. The third kappa shape index (κ3) is 11.7. The highest BCUT2D eigenvalue weighted by atomic mass is 28.4. The molecular weight excluding hydrogens is 732 g/mol. The number of ether oxygens (including phenoxy) is 9. The first-order valence-corrected chi connectivity index (χ1v) is 20.3. The second kappa shape index (κ2) is 18.5. The molecule has 0 aliphatic carbocycles. The van der Waals surface area contributed by atoms with Crippen LogP contribution in [0.1, 0.15) is 73.5 Å². The van der Waals surface area contributed by atoms with Crippen LogP contribution in [-0.4, -0.2) is 118 Å². The van der Waals surface area contributed by atoms with Crippen molar-refractivity contribution in [3.8, 4) is 5.75 Å². The molecule has 18 heteroatoms. The predicted octanol–water partition coefficient (Wildman–Crippen LogP) is 2.83. The molecule has 2 heterocycles. The SMILES string of the molecule is COC(=O)C[C@H]1OC(c2cccc(O[Si](C)(C)C(C)(C)C)c2)[C@@H](O)[C@@H](O[C@H]2O[C@H](COC(C)=O)[C@@H](OC(C)=O)[C@H](OC(C)=O)[C@@H]2OC(C)=O)[C@@H]1OC(C)=O. The predicted molar refractivity (Wildman–Crippen MR) is 187 cm³/mol. The van der Waals surface area contributed by atoms with E-state index in [-0.39, 0.29) is 5.04 Å². The van der Waals surface area contributed by atoms with Crippen LogP contribution >= 0.6 is 0 Å². The maximum absolute atomic E-state index is 12.7. The summed E-state index contributed by atoms with van der Waals surface area (Å²) in [7, 11) is -1.17. The molecule has 2 saturated heterocycles. The van der Waals surface area contributed by atoms with Gasteiger partial charge in [0.1, 0.15) is 42.9 Å². The molecule has 1 aromatic carbocycles. The lowest BCUT2D eigenvalue weighted by Gasteiger charge is -2.48. The minimum atomic E-state index is -2.33. The number of methoxy groups -OCH3 is 1. The Balaban J connectivity index is 2.18. The summed E-state index contributed by atoms with van der Waals surface area (Å²) in [6.45, 7) is 15.3. The fourth-order valence-electron chi connectivity index (χ4n) is 5.76.